The van der Waals surface area contributed by atoms with Gasteiger partial charge >= 0.3 is 0 Å². The Bertz CT molecular complexity index is 310. The van der Waals surface area contributed by atoms with E-state index in [1.54, 1.807) is 5.30 Å². The molecule has 1 unspecified atom stereocenters. The molecule has 1 aromatic rings. The molecule has 0 nitrogen and oxygen atoms in total. The summed E-state index contributed by atoms with van der Waals surface area (Å²) in [7, 11) is 0.108. The average molecular weight is 220 g/mol. The second-order valence-corrected chi connectivity index (χ2v) is 8.08. The zero-order chi connectivity index (χ0) is 10.9. The zero-order valence-electron chi connectivity index (χ0n) is 10.0. The predicted octanol–water partition coefficient (Wildman–Crippen LogP) is 4.00. The Morgan fingerprint density at radius 1 is 1.13 bits per heavy atom. The van der Waals surface area contributed by atoms with E-state index in [0.29, 0.717) is 5.41 Å². The van der Waals surface area contributed by atoms with Gasteiger partial charge in [-0.2, -0.15) is 0 Å². The highest BCUT2D eigenvalue weighted by molar-refractivity contribution is 7.66. The van der Waals surface area contributed by atoms with Crippen molar-refractivity contribution in [3.05, 3.63) is 30.3 Å². The lowest BCUT2D eigenvalue weighted by Crippen LogP contribution is -2.24. The summed E-state index contributed by atoms with van der Waals surface area (Å²) in [5.41, 5.74) is 1.41. The Hall–Kier alpha value is -0.350. The molecule has 0 aromatic heterocycles. The van der Waals surface area contributed by atoms with E-state index < -0.39 is 0 Å². The minimum absolute atomic E-state index is 0.108. The van der Waals surface area contributed by atoms with Crippen LogP contribution in [-0.2, 0) is 0 Å². The Morgan fingerprint density at radius 2 is 1.80 bits per heavy atom. The molecule has 1 fully saturated rings. The lowest BCUT2D eigenvalue weighted by atomic mass is 9.89. The lowest BCUT2D eigenvalue weighted by Gasteiger charge is -2.32. The van der Waals surface area contributed by atoms with Crippen LogP contribution in [0.2, 0.25) is 0 Å². The van der Waals surface area contributed by atoms with Crippen LogP contribution in [0.1, 0.15) is 33.6 Å². The van der Waals surface area contributed by atoms with Crippen molar-refractivity contribution in [2.75, 3.05) is 6.16 Å². The van der Waals surface area contributed by atoms with Gasteiger partial charge in [-0.1, -0.05) is 59.0 Å². The first kappa shape index (κ1) is 11.1. The van der Waals surface area contributed by atoms with E-state index in [-0.39, 0.29) is 7.92 Å². The summed E-state index contributed by atoms with van der Waals surface area (Å²) >= 11 is 0. The molecule has 2 rings (SSSR count). The monoisotopic (exact) mass is 220 g/mol. The van der Waals surface area contributed by atoms with Crippen LogP contribution < -0.4 is 5.30 Å². The Kier molecular flexibility index (Phi) is 3.16. The lowest BCUT2D eigenvalue weighted by molar-refractivity contribution is 0.384. The smallest absolute Gasteiger partial charge is 0.0120 e. The summed E-state index contributed by atoms with van der Waals surface area (Å²) in [6, 6.07) is 11.2. The summed E-state index contributed by atoms with van der Waals surface area (Å²) < 4.78 is 0. The number of benzene rings is 1. The third-order valence-corrected chi connectivity index (χ3v) is 6.89. The van der Waals surface area contributed by atoms with Gasteiger partial charge in [0.05, 0.1) is 0 Å². The summed E-state index contributed by atoms with van der Waals surface area (Å²) in [6.07, 6.45) is 4.31. The summed E-state index contributed by atoms with van der Waals surface area (Å²) in [4.78, 5) is 0. The quantitative estimate of drug-likeness (QED) is 0.627. The summed E-state index contributed by atoms with van der Waals surface area (Å²) in [6.45, 7) is 7.21. The highest BCUT2D eigenvalue weighted by Gasteiger charge is 2.36. The standard InChI is InChI=1S/C14H21P/c1-14(2,3)13-10-7-11-15(13)12-8-5-4-6-9-12/h4-6,8-9,13H,7,10-11H2,1-3H3/t13-,15?/m1/s1. The van der Waals surface area contributed by atoms with Gasteiger partial charge in [-0.05, 0) is 35.4 Å². The van der Waals surface area contributed by atoms with Gasteiger partial charge < -0.3 is 0 Å². The summed E-state index contributed by atoms with van der Waals surface area (Å²) in [5.74, 6) is 0. The molecule has 0 bridgehead atoms. The summed E-state index contributed by atoms with van der Waals surface area (Å²) in [5, 5.41) is 1.62. The molecule has 0 aliphatic carbocycles. The predicted molar refractivity (Wildman–Crippen MR) is 70.3 cm³/mol. The van der Waals surface area contributed by atoms with Gasteiger partial charge in [0.1, 0.15) is 0 Å². The molecule has 0 amide bonds. The van der Waals surface area contributed by atoms with Crippen LogP contribution in [0.4, 0.5) is 0 Å². The molecule has 82 valence electrons. The van der Waals surface area contributed by atoms with E-state index in [0.717, 1.165) is 5.66 Å². The molecule has 1 aromatic carbocycles. The second-order valence-electron chi connectivity index (χ2n) is 5.55. The van der Waals surface area contributed by atoms with Crippen LogP contribution in [0.25, 0.3) is 0 Å². The molecule has 15 heavy (non-hydrogen) atoms. The van der Waals surface area contributed by atoms with E-state index in [9.17, 15) is 0 Å². The molecule has 0 N–H and O–H groups in total. The maximum atomic E-state index is 2.40. The van der Waals surface area contributed by atoms with Crippen molar-refractivity contribution in [1.29, 1.82) is 0 Å². The van der Waals surface area contributed by atoms with E-state index >= 15 is 0 Å². The molecule has 0 radical (unpaired) electrons. The van der Waals surface area contributed by atoms with Crippen molar-refractivity contribution < 1.29 is 0 Å². The maximum absolute atomic E-state index is 2.40. The first-order chi connectivity index (χ1) is 7.09. The van der Waals surface area contributed by atoms with Crippen LogP contribution in [-0.4, -0.2) is 11.8 Å². The molecule has 0 spiro atoms. The fourth-order valence-electron chi connectivity index (χ4n) is 2.60. The number of hydrogen-bond donors (Lipinski definition) is 0. The van der Waals surface area contributed by atoms with Crippen LogP contribution in [0.15, 0.2) is 30.3 Å². The van der Waals surface area contributed by atoms with Crippen LogP contribution >= 0.6 is 7.92 Å². The van der Waals surface area contributed by atoms with Gasteiger partial charge in [-0.3, -0.25) is 0 Å². The van der Waals surface area contributed by atoms with E-state index in [1.165, 1.54) is 19.0 Å². The van der Waals surface area contributed by atoms with Crippen molar-refractivity contribution in [1.82, 2.24) is 0 Å². The van der Waals surface area contributed by atoms with E-state index in [4.69, 9.17) is 0 Å². The highest BCUT2D eigenvalue weighted by atomic mass is 31.1. The molecular formula is C14H21P. The van der Waals surface area contributed by atoms with Crippen LogP contribution in [0.3, 0.4) is 0 Å². The third kappa shape index (κ3) is 2.42. The first-order valence-corrected chi connectivity index (χ1v) is 7.50. The SMILES string of the molecule is CC(C)(C)[C@H]1CCCP1c1ccccc1. The van der Waals surface area contributed by atoms with E-state index in [1.807, 2.05) is 0 Å². The largest absolute Gasteiger partial charge is 0.0716 e. The third-order valence-electron chi connectivity index (χ3n) is 3.34. The number of hydrogen-bond acceptors (Lipinski definition) is 0. The number of rotatable bonds is 1. The molecular weight excluding hydrogens is 199 g/mol. The van der Waals surface area contributed by atoms with Crippen molar-refractivity contribution in [2.45, 2.75) is 39.3 Å². The second kappa shape index (κ2) is 4.26. The molecule has 2 atom stereocenters. The molecule has 0 saturated carbocycles. The zero-order valence-corrected chi connectivity index (χ0v) is 10.9. The average Bonchev–Trinajstić information content (AvgIpc) is 2.67. The Morgan fingerprint density at radius 3 is 2.40 bits per heavy atom. The maximum Gasteiger partial charge on any atom is -0.0120 e. The fourth-order valence-corrected chi connectivity index (χ4v) is 6.03. The molecule has 1 aliphatic heterocycles. The first-order valence-electron chi connectivity index (χ1n) is 5.91. The van der Waals surface area contributed by atoms with Crippen LogP contribution in [0, 0.1) is 5.41 Å². The molecule has 1 heterocycles. The van der Waals surface area contributed by atoms with E-state index in [2.05, 4.69) is 51.1 Å². The Balaban J connectivity index is 2.23. The van der Waals surface area contributed by atoms with Gasteiger partial charge in [0.2, 0.25) is 0 Å². The van der Waals surface area contributed by atoms with Crippen molar-refractivity contribution >= 4 is 13.2 Å². The van der Waals surface area contributed by atoms with Gasteiger partial charge in [-0.15, -0.1) is 0 Å². The normalized spacial score (nSPS) is 26.9. The van der Waals surface area contributed by atoms with Crippen LogP contribution in [0.5, 0.6) is 0 Å². The van der Waals surface area contributed by atoms with Crippen molar-refractivity contribution in [2.24, 2.45) is 5.41 Å². The minimum Gasteiger partial charge on any atom is -0.0716 e. The van der Waals surface area contributed by atoms with Gasteiger partial charge in [0.15, 0.2) is 0 Å². The minimum atomic E-state index is 0.108. The van der Waals surface area contributed by atoms with Crippen molar-refractivity contribution in [3.8, 4) is 0 Å². The molecule has 1 saturated heterocycles. The van der Waals surface area contributed by atoms with Gasteiger partial charge in [0, 0.05) is 0 Å². The highest BCUT2D eigenvalue weighted by Crippen LogP contribution is 2.55. The Labute approximate surface area is 94.8 Å². The van der Waals surface area contributed by atoms with Crippen molar-refractivity contribution in [3.63, 3.8) is 0 Å². The topological polar surface area (TPSA) is 0 Å². The van der Waals surface area contributed by atoms with Gasteiger partial charge in [0.25, 0.3) is 0 Å². The fraction of sp³-hybridized carbons (Fsp3) is 0.571. The molecule has 1 heteroatoms. The van der Waals surface area contributed by atoms with Gasteiger partial charge in [-0.25, -0.2) is 0 Å². The molecule has 1 aliphatic rings.